The third-order valence-electron chi connectivity index (χ3n) is 5.67. The summed E-state index contributed by atoms with van der Waals surface area (Å²) in [5, 5.41) is 2.99. The molecule has 174 valence electrons. The molecule has 6 nitrogen and oxygen atoms in total. The standard InChI is InChI=1S/C25H26FN3O3.BrH/c1-29(15-17-31-18-16-29)14-13-27-25(30)24-4-2-3-23(28-24)19-5-9-21(10-6-19)32-22-11-7-20(26)8-12-22;/h2-12H,13-18H2,1H3;1H. The lowest BCUT2D eigenvalue weighted by Crippen LogP contribution is -3.00. The van der Waals surface area contributed by atoms with Crippen molar-refractivity contribution in [3.63, 3.8) is 0 Å². The highest BCUT2D eigenvalue weighted by molar-refractivity contribution is 5.92. The lowest BCUT2D eigenvalue weighted by molar-refractivity contribution is -0.915. The first-order valence-electron chi connectivity index (χ1n) is 10.7. The maximum absolute atomic E-state index is 13.0. The van der Waals surface area contributed by atoms with E-state index in [0.717, 1.165) is 42.9 Å². The van der Waals surface area contributed by atoms with Crippen molar-refractivity contribution < 1.29 is 40.1 Å². The van der Waals surface area contributed by atoms with Gasteiger partial charge in [-0.25, -0.2) is 9.37 Å². The second kappa shape index (κ2) is 11.4. The zero-order valence-corrected chi connectivity index (χ0v) is 20.1. The number of quaternary nitrogens is 1. The number of carbonyl (C=O) groups is 1. The number of hydrogen-bond acceptors (Lipinski definition) is 4. The molecule has 1 aliphatic heterocycles. The van der Waals surface area contributed by atoms with E-state index >= 15 is 0 Å². The molecule has 0 aliphatic carbocycles. The second-order valence-electron chi connectivity index (χ2n) is 8.15. The summed E-state index contributed by atoms with van der Waals surface area (Å²) in [5.74, 6) is 0.709. The van der Waals surface area contributed by atoms with Crippen molar-refractivity contribution in [1.29, 1.82) is 0 Å². The van der Waals surface area contributed by atoms with E-state index in [-0.39, 0.29) is 28.7 Å². The molecular formula is C25H27BrFN3O3. The van der Waals surface area contributed by atoms with Crippen molar-refractivity contribution in [2.75, 3.05) is 46.4 Å². The Hall–Kier alpha value is -2.81. The van der Waals surface area contributed by atoms with E-state index in [1.165, 1.54) is 12.1 Å². The third-order valence-corrected chi connectivity index (χ3v) is 5.67. The van der Waals surface area contributed by atoms with Crippen LogP contribution in [0.1, 0.15) is 10.5 Å². The molecule has 1 fully saturated rings. The lowest BCUT2D eigenvalue weighted by Gasteiger charge is -2.37. The second-order valence-corrected chi connectivity index (χ2v) is 8.15. The fourth-order valence-corrected chi connectivity index (χ4v) is 3.59. The van der Waals surface area contributed by atoms with Gasteiger partial charge in [-0.2, -0.15) is 0 Å². The number of halogens is 2. The van der Waals surface area contributed by atoms with Crippen molar-refractivity contribution in [2.45, 2.75) is 0 Å². The Morgan fingerprint density at radius 2 is 1.67 bits per heavy atom. The van der Waals surface area contributed by atoms with Crippen LogP contribution in [0.5, 0.6) is 11.5 Å². The molecule has 0 spiro atoms. The van der Waals surface area contributed by atoms with Gasteiger partial charge >= 0.3 is 0 Å². The maximum Gasteiger partial charge on any atom is 0.270 e. The number of morpholine rings is 1. The summed E-state index contributed by atoms with van der Waals surface area (Å²) in [6.45, 7) is 4.92. The van der Waals surface area contributed by atoms with Gasteiger partial charge in [0.15, 0.2) is 0 Å². The van der Waals surface area contributed by atoms with Crippen LogP contribution in [0.2, 0.25) is 0 Å². The van der Waals surface area contributed by atoms with Gasteiger partial charge in [0.1, 0.15) is 36.1 Å². The summed E-state index contributed by atoms with van der Waals surface area (Å²) in [5.41, 5.74) is 1.97. The van der Waals surface area contributed by atoms with E-state index < -0.39 is 0 Å². The van der Waals surface area contributed by atoms with Gasteiger partial charge in [0.05, 0.1) is 39.0 Å². The molecular weight excluding hydrogens is 489 g/mol. The van der Waals surface area contributed by atoms with Gasteiger partial charge in [-0.3, -0.25) is 4.79 Å². The van der Waals surface area contributed by atoms with Crippen molar-refractivity contribution >= 4 is 5.91 Å². The number of hydrogen-bond donors (Lipinski definition) is 1. The molecule has 1 aromatic heterocycles. The summed E-state index contributed by atoms with van der Waals surface area (Å²) >= 11 is 0. The number of carbonyl (C=O) groups excluding carboxylic acids is 1. The molecule has 0 radical (unpaired) electrons. The Labute approximate surface area is 203 Å². The molecule has 1 saturated heterocycles. The van der Waals surface area contributed by atoms with E-state index in [0.29, 0.717) is 29.4 Å². The average Bonchev–Trinajstić information content (AvgIpc) is 2.81. The highest BCUT2D eigenvalue weighted by atomic mass is 79.9. The van der Waals surface area contributed by atoms with Crippen LogP contribution < -0.4 is 27.0 Å². The summed E-state index contributed by atoms with van der Waals surface area (Å²) in [4.78, 5) is 17.1. The normalized spacial score (nSPS) is 14.7. The van der Waals surface area contributed by atoms with E-state index in [1.54, 1.807) is 18.2 Å². The van der Waals surface area contributed by atoms with E-state index in [1.807, 2.05) is 36.4 Å². The minimum Gasteiger partial charge on any atom is -1.00 e. The van der Waals surface area contributed by atoms with Crippen LogP contribution >= 0.6 is 0 Å². The van der Waals surface area contributed by atoms with E-state index in [4.69, 9.17) is 9.47 Å². The molecule has 4 rings (SSSR count). The number of amides is 1. The van der Waals surface area contributed by atoms with Gasteiger partial charge in [-0.15, -0.1) is 0 Å². The number of pyridine rings is 1. The molecule has 1 amide bonds. The average molecular weight is 516 g/mol. The fraction of sp³-hybridized carbons (Fsp3) is 0.280. The Bertz CT molecular complexity index is 1060. The molecule has 8 heteroatoms. The van der Waals surface area contributed by atoms with Crippen LogP contribution in [0.25, 0.3) is 11.3 Å². The number of nitrogens with one attached hydrogen (secondary N) is 1. The first-order valence-corrected chi connectivity index (χ1v) is 10.7. The van der Waals surface area contributed by atoms with Crippen LogP contribution in [0, 0.1) is 5.82 Å². The van der Waals surface area contributed by atoms with Crippen molar-refractivity contribution in [3.05, 3.63) is 78.2 Å². The highest BCUT2D eigenvalue weighted by Crippen LogP contribution is 2.25. The molecule has 0 unspecified atom stereocenters. The van der Waals surface area contributed by atoms with Crippen LogP contribution in [-0.2, 0) is 4.74 Å². The van der Waals surface area contributed by atoms with E-state index in [9.17, 15) is 9.18 Å². The van der Waals surface area contributed by atoms with Gasteiger partial charge < -0.3 is 36.3 Å². The minimum atomic E-state index is -0.306. The molecule has 3 aromatic rings. The first-order chi connectivity index (χ1) is 15.5. The summed E-state index contributed by atoms with van der Waals surface area (Å²) in [6.07, 6.45) is 0. The molecule has 0 atom stereocenters. The molecule has 1 N–H and O–H groups in total. The maximum atomic E-state index is 13.0. The molecule has 0 bridgehead atoms. The number of likely N-dealkylation sites (N-methyl/N-ethyl adjacent to an activating group) is 1. The lowest BCUT2D eigenvalue weighted by atomic mass is 10.1. The SMILES string of the molecule is C[N+]1(CCNC(=O)c2cccc(-c3ccc(Oc4ccc(F)cc4)cc3)n2)CCOCC1.[Br-]. The predicted molar refractivity (Wildman–Crippen MR) is 120 cm³/mol. The predicted octanol–water partition coefficient (Wildman–Crippen LogP) is 0.891. The van der Waals surface area contributed by atoms with Crippen molar-refractivity contribution in [2.24, 2.45) is 0 Å². The van der Waals surface area contributed by atoms with Gasteiger partial charge in [0.25, 0.3) is 5.91 Å². The zero-order valence-electron chi connectivity index (χ0n) is 18.5. The number of ether oxygens (including phenoxy) is 2. The largest absolute Gasteiger partial charge is 1.00 e. The first kappa shape index (κ1) is 24.8. The monoisotopic (exact) mass is 515 g/mol. The smallest absolute Gasteiger partial charge is 0.270 e. The minimum absolute atomic E-state index is 0. The van der Waals surface area contributed by atoms with Crippen molar-refractivity contribution in [3.8, 4) is 22.8 Å². The summed E-state index contributed by atoms with van der Waals surface area (Å²) in [7, 11) is 2.19. The number of nitrogens with zero attached hydrogens (tertiary/aromatic N) is 2. The molecule has 33 heavy (non-hydrogen) atoms. The van der Waals surface area contributed by atoms with Gasteiger partial charge in [-0.1, -0.05) is 6.07 Å². The van der Waals surface area contributed by atoms with E-state index in [2.05, 4.69) is 17.3 Å². The molecule has 2 aromatic carbocycles. The Morgan fingerprint density at radius 1 is 1.03 bits per heavy atom. The third kappa shape index (κ3) is 6.83. The number of benzene rings is 2. The highest BCUT2D eigenvalue weighted by Gasteiger charge is 2.24. The molecule has 0 saturated carbocycles. The Kier molecular flexibility index (Phi) is 8.55. The van der Waals surface area contributed by atoms with Crippen LogP contribution in [0.15, 0.2) is 66.7 Å². The number of rotatable bonds is 7. The molecule has 1 aliphatic rings. The molecule has 2 heterocycles. The van der Waals surface area contributed by atoms with Crippen LogP contribution in [0.3, 0.4) is 0 Å². The Balaban J connectivity index is 0.00000306. The zero-order chi connectivity index (χ0) is 22.4. The van der Waals surface area contributed by atoms with Crippen molar-refractivity contribution in [1.82, 2.24) is 10.3 Å². The van der Waals surface area contributed by atoms with Gasteiger partial charge in [0, 0.05) is 5.56 Å². The topological polar surface area (TPSA) is 60.5 Å². The number of aromatic nitrogens is 1. The summed E-state index contributed by atoms with van der Waals surface area (Å²) < 4.78 is 25.1. The summed E-state index contributed by atoms with van der Waals surface area (Å²) in [6, 6.07) is 18.7. The Morgan fingerprint density at radius 3 is 2.33 bits per heavy atom. The van der Waals surface area contributed by atoms with Crippen LogP contribution in [0.4, 0.5) is 4.39 Å². The van der Waals surface area contributed by atoms with Crippen LogP contribution in [-0.4, -0.2) is 61.8 Å². The van der Waals surface area contributed by atoms with Gasteiger partial charge in [0.2, 0.25) is 0 Å². The fourth-order valence-electron chi connectivity index (χ4n) is 3.59. The van der Waals surface area contributed by atoms with Gasteiger partial charge in [-0.05, 0) is 60.7 Å². The quantitative estimate of drug-likeness (QED) is 0.475.